The van der Waals surface area contributed by atoms with E-state index in [0.717, 1.165) is 6.54 Å². The number of para-hydroxylation sites is 1. The Morgan fingerprint density at radius 1 is 1.35 bits per heavy atom. The average molecular weight is 264 g/mol. The summed E-state index contributed by atoms with van der Waals surface area (Å²) >= 11 is 0. The molecule has 0 amide bonds. The lowest BCUT2D eigenvalue weighted by molar-refractivity contribution is 0.636. The van der Waals surface area contributed by atoms with E-state index in [4.69, 9.17) is 5.26 Å². The Morgan fingerprint density at radius 3 is 2.95 bits per heavy atom. The number of nitriles is 1. The Balaban J connectivity index is 2.09. The van der Waals surface area contributed by atoms with Crippen molar-refractivity contribution in [2.45, 2.75) is 25.9 Å². The Labute approximate surface area is 117 Å². The standard InChI is InChI=1S/C16H16N4/c1-13(20-10-8-18-12-20)15-11-19(9-4-7-17)16-6-3-2-5-14(15)16/h2-3,5-6,8,10-13H,4,9H2,1H3. The number of aryl methyl sites for hydroxylation is 1. The fourth-order valence-electron chi connectivity index (χ4n) is 2.62. The van der Waals surface area contributed by atoms with E-state index in [1.54, 1.807) is 6.20 Å². The molecule has 0 fully saturated rings. The second-order valence-corrected chi connectivity index (χ2v) is 4.89. The molecule has 3 rings (SSSR count). The van der Waals surface area contributed by atoms with Gasteiger partial charge in [0.15, 0.2) is 0 Å². The zero-order valence-electron chi connectivity index (χ0n) is 11.4. The molecule has 0 radical (unpaired) electrons. The van der Waals surface area contributed by atoms with E-state index in [0.29, 0.717) is 6.42 Å². The van der Waals surface area contributed by atoms with Crippen LogP contribution in [0.4, 0.5) is 0 Å². The molecule has 0 aliphatic rings. The van der Waals surface area contributed by atoms with Crippen LogP contribution in [0, 0.1) is 11.3 Å². The smallest absolute Gasteiger partial charge is 0.0951 e. The molecule has 0 aliphatic heterocycles. The molecule has 0 spiro atoms. The third-order valence-corrected chi connectivity index (χ3v) is 3.71. The van der Waals surface area contributed by atoms with E-state index in [2.05, 4.69) is 51.5 Å². The largest absolute Gasteiger partial charge is 0.346 e. The van der Waals surface area contributed by atoms with Crippen molar-refractivity contribution in [1.29, 1.82) is 5.26 Å². The zero-order valence-corrected chi connectivity index (χ0v) is 11.4. The summed E-state index contributed by atoms with van der Waals surface area (Å²) in [6.07, 6.45) is 8.30. The topological polar surface area (TPSA) is 46.5 Å². The predicted molar refractivity (Wildman–Crippen MR) is 78.2 cm³/mol. The van der Waals surface area contributed by atoms with Crippen LogP contribution in [0.3, 0.4) is 0 Å². The second kappa shape index (κ2) is 5.22. The van der Waals surface area contributed by atoms with E-state index in [1.165, 1.54) is 16.5 Å². The average Bonchev–Trinajstić information content (AvgIpc) is 3.12. The Hall–Kier alpha value is -2.54. The van der Waals surface area contributed by atoms with E-state index >= 15 is 0 Å². The van der Waals surface area contributed by atoms with Gasteiger partial charge in [-0.1, -0.05) is 18.2 Å². The van der Waals surface area contributed by atoms with Crippen LogP contribution in [-0.2, 0) is 6.54 Å². The fourth-order valence-corrected chi connectivity index (χ4v) is 2.62. The normalized spacial score (nSPS) is 12.4. The van der Waals surface area contributed by atoms with E-state index in [-0.39, 0.29) is 6.04 Å². The monoisotopic (exact) mass is 264 g/mol. The van der Waals surface area contributed by atoms with Crippen LogP contribution in [0.5, 0.6) is 0 Å². The molecule has 0 N–H and O–H groups in total. The molecule has 1 atom stereocenters. The number of nitrogens with zero attached hydrogens (tertiary/aromatic N) is 4. The van der Waals surface area contributed by atoms with Crippen LogP contribution in [-0.4, -0.2) is 14.1 Å². The van der Waals surface area contributed by atoms with Gasteiger partial charge in [0, 0.05) is 41.6 Å². The summed E-state index contributed by atoms with van der Waals surface area (Å²) in [5.41, 5.74) is 2.45. The van der Waals surface area contributed by atoms with Crippen LogP contribution < -0.4 is 0 Å². The Bertz CT molecular complexity index is 746. The molecule has 3 aromatic rings. The molecular formula is C16H16N4. The number of hydrogen-bond donors (Lipinski definition) is 0. The van der Waals surface area contributed by atoms with Gasteiger partial charge in [0.1, 0.15) is 0 Å². The number of hydrogen-bond acceptors (Lipinski definition) is 2. The molecular weight excluding hydrogens is 248 g/mol. The Kier molecular flexibility index (Phi) is 3.26. The third-order valence-electron chi connectivity index (χ3n) is 3.71. The third kappa shape index (κ3) is 2.08. The van der Waals surface area contributed by atoms with Crippen LogP contribution in [0.2, 0.25) is 0 Å². The van der Waals surface area contributed by atoms with Gasteiger partial charge in [-0.3, -0.25) is 0 Å². The fraction of sp³-hybridized carbons (Fsp3) is 0.250. The van der Waals surface area contributed by atoms with Gasteiger partial charge in [0.05, 0.1) is 24.9 Å². The van der Waals surface area contributed by atoms with E-state index in [1.807, 2.05) is 18.6 Å². The first-order chi connectivity index (χ1) is 9.81. The number of fused-ring (bicyclic) bond motifs is 1. The lowest BCUT2D eigenvalue weighted by Crippen LogP contribution is -2.03. The molecule has 1 unspecified atom stereocenters. The number of benzene rings is 1. The zero-order chi connectivity index (χ0) is 13.9. The molecule has 0 saturated carbocycles. The van der Waals surface area contributed by atoms with Crippen molar-refractivity contribution in [3.05, 3.63) is 54.7 Å². The molecule has 0 aliphatic carbocycles. The highest BCUT2D eigenvalue weighted by Crippen LogP contribution is 2.28. The second-order valence-electron chi connectivity index (χ2n) is 4.89. The lowest BCUT2D eigenvalue weighted by atomic mass is 10.1. The van der Waals surface area contributed by atoms with E-state index < -0.39 is 0 Å². The number of aromatic nitrogens is 3. The van der Waals surface area contributed by atoms with Crippen molar-refractivity contribution in [3.63, 3.8) is 0 Å². The van der Waals surface area contributed by atoms with Crippen molar-refractivity contribution in [2.24, 2.45) is 0 Å². The van der Waals surface area contributed by atoms with Gasteiger partial charge in [-0.2, -0.15) is 5.26 Å². The van der Waals surface area contributed by atoms with Gasteiger partial charge in [-0.25, -0.2) is 4.98 Å². The maximum absolute atomic E-state index is 8.79. The van der Waals surface area contributed by atoms with Gasteiger partial charge in [0.25, 0.3) is 0 Å². The van der Waals surface area contributed by atoms with E-state index in [9.17, 15) is 0 Å². The highest BCUT2D eigenvalue weighted by atomic mass is 15.1. The van der Waals surface area contributed by atoms with Crippen LogP contribution >= 0.6 is 0 Å². The van der Waals surface area contributed by atoms with Crippen LogP contribution in [0.25, 0.3) is 10.9 Å². The van der Waals surface area contributed by atoms with Gasteiger partial charge in [-0.05, 0) is 13.0 Å². The molecule has 4 nitrogen and oxygen atoms in total. The summed E-state index contributed by atoms with van der Waals surface area (Å²) in [6.45, 7) is 2.89. The molecule has 2 heterocycles. The summed E-state index contributed by atoms with van der Waals surface area (Å²) in [4.78, 5) is 4.12. The summed E-state index contributed by atoms with van der Waals surface area (Å²) in [7, 11) is 0. The highest BCUT2D eigenvalue weighted by molar-refractivity contribution is 5.84. The van der Waals surface area contributed by atoms with Gasteiger partial charge in [0.2, 0.25) is 0 Å². The molecule has 20 heavy (non-hydrogen) atoms. The van der Waals surface area contributed by atoms with Crippen LogP contribution in [0.15, 0.2) is 49.2 Å². The SMILES string of the molecule is CC(c1cn(CCC#N)c2ccccc12)n1ccnc1. The lowest BCUT2D eigenvalue weighted by Gasteiger charge is -2.11. The summed E-state index contributed by atoms with van der Waals surface area (Å²) < 4.78 is 4.26. The van der Waals surface area contributed by atoms with Gasteiger partial charge in [-0.15, -0.1) is 0 Å². The molecule has 100 valence electrons. The first-order valence-electron chi connectivity index (χ1n) is 6.73. The van der Waals surface area contributed by atoms with Crippen LogP contribution in [0.1, 0.15) is 24.9 Å². The molecule has 4 heteroatoms. The minimum atomic E-state index is 0.228. The maximum Gasteiger partial charge on any atom is 0.0951 e. The first kappa shape index (κ1) is 12.5. The van der Waals surface area contributed by atoms with Crippen molar-refractivity contribution in [2.75, 3.05) is 0 Å². The van der Waals surface area contributed by atoms with Crippen molar-refractivity contribution >= 4 is 10.9 Å². The summed E-state index contributed by atoms with van der Waals surface area (Å²) in [5, 5.41) is 10.0. The number of rotatable bonds is 4. The van der Waals surface area contributed by atoms with Crippen molar-refractivity contribution in [3.8, 4) is 6.07 Å². The summed E-state index contributed by atoms with van der Waals surface area (Å²) in [6, 6.07) is 10.8. The Morgan fingerprint density at radius 2 is 2.20 bits per heavy atom. The molecule has 1 aromatic carbocycles. The summed E-state index contributed by atoms with van der Waals surface area (Å²) in [5.74, 6) is 0. The maximum atomic E-state index is 8.79. The highest BCUT2D eigenvalue weighted by Gasteiger charge is 2.14. The molecule has 0 bridgehead atoms. The minimum absolute atomic E-state index is 0.228. The minimum Gasteiger partial charge on any atom is -0.346 e. The first-order valence-corrected chi connectivity index (χ1v) is 6.73. The molecule has 0 saturated heterocycles. The van der Waals surface area contributed by atoms with Crippen molar-refractivity contribution < 1.29 is 0 Å². The predicted octanol–water partition coefficient (Wildman–Crippen LogP) is 3.36. The van der Waals surface area contributed by atoms with Gasteiger partial charge < -0.3 is 9.13 Å². The molecule has 2 aromatic heterocycles. The van der Waals surface area contributed by atoms with Gasteiger partial charge >= 0.3 is 0 Å². The number of imidazole rings is 1. The quantitative estimate of drug-likeness (QED) is 0.725. The van der Waals surface area contributed by atoms with Crippen molar-refractivity contribution in [1.82, 2.24) is 14.1 Å².